The number of carbonyl (C=O) groups excluding carboxylic acids is 1. The number of anilines is 1. The molecule has 1 aromatic heterocycles. The molecule has 1 unspecified atom stereocenters. The van der Waals surface area contributed by atoms with Crippen LogP contribution in [0, 0.1) is 11.3 Å². The molecule has 3 rings (SSSR count). The van der Waals surface area contributed by atoms with Gasteiger partial charge in [-0.25, -0.2) is 4.98 Å². The summed E-state index contributed by atoms with van der Waals surface area (Å²) in [5.41, 5.74) is 3.27. The van der Waals surface area contributed by atoms with Crippen LogP contribution in [0.5, 0.6) is 0 Å². The molecule has 29 heavy (non-hydrogen) atoms. The van der Waals surface area contributed by atoms with E-state index in [9.17, 15) is 10.1 Å². The van der Waals surface area contributed by atoms with Crippen molar-refractivity contribution in [1.29, 1.82) is 5.26 Å². The van der Waals surface area contributed by atoms with Gasteiger partial charge in [0.05, 0.1) is 21.5 Å². The number of thioether (sulfide) groups is 1. The van der Waals surface area contributed by atoms with Gasteiger partial charge in [0.2, 0.25) is 5.91 Å². The number of fused-ring (bicyclic) bond motifs is 1. The number of amides is 1. The van der Waals surface area contributed by atoms with Crippen LogP contribution in [0.25, 0.3) is 0 Å². The number of rotatable bonds is 5. The third-order valence-corrected chi connectivity index (χ3v) is 6.92. The molecule has 1 aliphatic carbocycles. The Morgan fingerprint density at radius 1 is 1.24 bits per heavy atom. The second-order valence-corrected chi connectivity index (χ2v) is 9.14. The lowest BCUT2D eigenvalue weighted by atomic mass is 9.96. The van der Waals surface area contributed by atoms with E-state index in [-0.39, 0.29) is 5.91 Å². The maximum Gasteiger partial charge on any atom is 0.237 e. The Kier molecular flexibility index (Phi) is 7.83. The number of halogens is 2. The highest BCUT2D eigenvalue weighted by Gasteiger charge is 2.23. The lowest BCUT2D eigenvalue weighted by Crippen LogP contribution is -2.25. The number of nitriles is 1. The van der Waals surface area contributed by atoms with E-state index in [1.54, 1.807) is 18.2 Å². The average Bonchev–Trinajstić information content (AvgIpc) is 2.69. The number of carbonyl (C=O) groups is 1. The van der Waals surface area contributed by atoms with Crippen LogP contribution >= 0.6 is 35.0 Å². The predicted molar refractivity (Wildman–Crippen MR) is 120 cm³/mol. The molecule has 0 saturated heterocycles. The standard InChI is InChI=1S/C22H23Cl2N3OS/c1-2-20(21(28)26-19-12-16(23)9-10-17(19)24)29-22-15(13-25)11-14-7-5-3-4-6-8-18(14)27-22/h9-12,20H,2-8H2,1H3,(H,26,28). The van der Waals surface area contributed by atoms with Crippen molar-refractivity contribution in [3.8, 4) is 6.07 Å². The Morgan fingerprint density at radius 3 is 2.72 bits per heavy atom. The van der Waals surface area contributed by atoms with Crippen molar-refractivity contribution in [2.24, 2.45) is 0 Å². The van der Waals surface area contributed by atoms with Crippen molar-refractivity contribution in [3.05, 3.63) is 51.1 Å². The third-order valence-electron chi connectivity index (χ3n) is 4.99. The van der Waals surface area contributed by atoms with Crippen LogP contribution in [0.3, 0.4) is 0 Å². The second kappa shape index (κ2) is 10.3. The third kappa shape index (κ3) is 5.66. The average molecular weight is 448 g/mol. The van der Waals surface area contributed by atoms with Crippen LogP contribution in [0.1, 0.15) is 55.8 Å². The summed E-state index contributed by atoms with van der Waals surface area (Å²) in [6.07, 6.45) is 7.17. The number of hydrogen-bond acceptors (Lipinski definition) is 4. The molecule has 0 fully saturated rings. The van der Waals surface area contributed by atoms with E-state index in [1.807, 2.05) is 13.0 Å². The molecule has 0 aliphatic heterocycles. The fraction of sp³-hybridized carbons (Fsp3) is 0.409. The van der Waals surface area contributed by atoms with Crippen molar-refractivity contribution >= 4 is 46.6 Å². The summed E-state index contributed by atoms with van der Waals surface area (Å²) < 4.78 is 0. The molecule has 1 aromatic carbocycles. The van der Waals surface area contributed by atoms with Gasteiger partial charge in [-0.05, 0) is 61.9 Å². The lowest BCUT2D eigenvalue weighted by molar-refractivity contribution is -0.115. The minimum Gasteiger partial charge on any atom is -0.324 e. The Balaban J connectivity index is 1.82. The van der Waals surface area contributed by atoms with E-state index in [0.717, 1.165) is 31.4 Å². The quantitative estimate of drug-likeness (QED) is 0.536. The molecule has 1 atom stereocenters. The van der Waals surface area contributed by atoms with Crippen LogP contribution in [-0.2, 0) is 17.6 Å². The maximum absolute atomic E-state index is 12.9. The molecule has 0 spiro atoms. The molecule has 1 amide bonds. The summed E-state index contributed by atoms with van der Waals surface area (Å²) in [5, 5.41) is 13.7. The van der Waals surface area contributed by atoms with Gasteiger partial charge >= 0.3 is 0 Å². The minimum atomic E-state index is -0.392. The van der Waals surface area contributed by atoms with Crippen molar-refractivity contribution in [3.63, 3.8) is 0 Å². The number of benzene rings is 1. The first-order valence-corrected chi connectivity index (χ1v) is 11.5. The molecule has 152 valence electrons. The van der Waals surface area contributed by atoms with Crippen LogP contribution in [0.15, 0.2) is 29.3 Å². The lowest BCUT2D eigenvalue weighted by Gasteiger charge is -2.18. The Hall–Kier alpha value is -1.74. The molecule has 7 heteroatoms. The first-order chi connectivity index (χ1) is 14.0. The summed E-state index contributed by atoms with van der Waals surface area (Å²) in [6.45, 7) is 1.94. The summed E-state index contributed by atoms with van der Waals surface area (Å²) >= 11 is 13.5. The van der Waals surface area contributed by atoms with Crippen molar-refractivity contribution in [2.45, 2.75) is 62.1 Å². The first kappa shape index (κ1) is 22.0. The predicted octanol–water partition coefficient (Wildman–Crippen LogP) is 6.43. The summed E-state index contributed by atoms with van der Waals surface area (Å²) in [5.74, 6) is -0.181. The van der Waals surface area contributed by atoms with Crippen molar-refractivity contribution < 1.29 is 4.79 Å². The van der Waals surface area contributed by atoms with Gasteiger partial charge in [-0.3, -0.25) is 4.79 Å². The largest absolute Gasteiger partial charge is 0.324 e. The summed E-state index contributed by atoms with van der Waals surface area (Å²) in [7, 11) is 0. The first-order valence-electron chi connectivity index (χ1n) is 9.87. The zero-order chi connectivity index (χ0) is 20.8. The van der Waals surface area contributed by atoms with E-state index < -0.39 is 5.25 Å². The molecular weight excluding hydrogens is 425 g/mol. The number of nitrogens with one attached hydrogen (secondary N) is 1. The molecule has 1 N–H and O–H groups in total. The molecule has 1 heterocycles. The van der Waals surface area contributed by atoms with Crippen molar-refractivity contribution in [1.82, 2.24) is 4.98 Å². The number of aryl methyl sites for hydroxylation is 2. The van der Waals surface area contributed by atoms with Crippen LogP contribution in [-0.4, -0.2) is 16.1 Å². The van der Waals surface area contributed by atoms with Crippen LogP contribution in [0.4, 0.5) is 5.69 Å². The van der Waals surface area contributed by atoms with Gasteiger partial charge in [-0.15, -0.1) is 0 Å². The molecule has 1 aliphatic rings. The molecule has 0 radical (unpaired) electrons. The monoisotopic (exact) mass is 447 g/mol. The highest BCUT2D eigenvalue weighted by molar-refractivity contribution is 8.00. The summed E-state index contributed by atoms with van der Waals surface area (Å²) in [4.78, 5) is 17.7. The Labute approximate surface area is 186 Å². The zero-order valence-corrected chi connectivity index (χ0v) is 18.6. The summed E-state index contributed by atoms with van der Waals surface area (Å²) in [6, 6.07) is 9.18. The number of nitrogens with zero attached hydrogens (tertiary/aromatic N) is 2. The van der Waals surface area contributed by atoms with E-state index >= 15 is 0 Å². The van der Waals surface area contributed by atoms with Gasteiger partial charge in [-0.1, -0.05) is 54.7 Å². The molecular formula is C22H23Cl2N3OS. The maximum atomic E-state index is 12.9. The number of hydrogen-bond donors (Lipinski definition) is 1. The van der Waals surface area contributed by atoms with Gasteiger partial charge < -0.3 is 5.32 Å². The Bertz CT molecular complexity index is 942. The number of aromatic nitrogens is 1. The van der Waals surface area contributed by atoms with E-state index in [0.29, 0.717) is 32.7 Å². The van der Waals surface area contributed by atoms with E-state index in [1.165, 1.54) is 30.2 Å². The molecule has 2 aromatic rings. The topological polar surface area (TPSA) is 65.8 Å². The molecule has 0 bridgehead atoms. The highest BCUT2D eigenvalue weighted by Crippen LogP contribution is 2.32. The second-order valence-electron chi connectivity index (χ2n) is 7.10. The SMILES string of the molecule is CCC(Sc1nc2c(cc1C#N)CCCCCC2)C(=O)Nc1cc(Cl)ccc1Cl. The number of pyridine rings is 1. The minimum absolute atomic E-state index is 0.181. The zero-order valence-electron chi connectivity index (χ0n) is 16.3. The van der Waals surface area contributed by atoms with E-state index in [2.05, 4.69) is 11.4 Å². The van der Waals surface area contributed by atoms with Gasteiger partial charge in [0.25, 0.3) is 0 Å². The molecule has 4 nitrogen and oxygen atoms in total. The Morgan fingerprint density at radius 2 is 2.00 bits per heavy atom. The normalized spacial score (nSPS) is 14.8. The van der Waals surface area contributed by atoms with Crippen LogP contribution in [0.2, 0.25) is 10.0 Å². The van der Waals surface area contributed by atoms with Gasteiger partial charge in [0, 0.05) is 10.7 Å². The molecule has 0 saturated carbocycles. The van der Waals surface area contributed by atoms with Gasteiger partial charge in [0.1, 0.15) is 11.1 Å². The fourth-order valence-electron chi connectivity index (χ4n) is 3.40. The highest BCUT2D eigenvalue weighted by atomic mass is 35.5. The van der Waals surface area contributed by atoms with Crippen molar-refractivity contribution in [2.75, 3.05) is 5.32 Å². The smallest absolute Gasteiger partial charge is 0.237 e. The van der Waals surface area contributed by atoms with E-state index in [4.69, 9.17) is 28.2 Å². The van der Waals surface area contributed by atoms with Gasteiger partial charge in [0.15, 0.2) is 0 Å². The van der Waals surface area contributed by atoms with Gasteiger partial charge in [-0.2, -0.15) is 5.26 Å². The van der Waals surface area contributed by atoms with Crippen LogP contribution < -0.4 is 5.32 Å². The fourth-order valence-corrected chi connectivity index (χ4v) is 4.74.